The van der Waals surface area contributed by atoms with Crippen molar-refractivity contribution in [2.24, 2.45) is 0 Å². The van der Waals surface area contributed by atoms with Gasteiger partial charge in [-0.15, -0.1) is 0 Å². The fourth-order valence-corrected chi connectivity index (χ4v) is 3.96. The molecule has 2 fully saturated rings. The molecule has 6 nitrogen and oxygen atoms in total. The number of nitrogens with one attached hydrogen (secondary N) is 1. The van der Waals surface area contributed by atoms with Crippen molar-refractivity contribution in [3.63, 3.8) is 0 Å². The van der Waals surface area contributed by atoms with Crippen LogP contribution in [0.3, 0.4) is 0 Å². The first-order valence-electron chi connectivity index (χ1n) is 8.76. The molecule has 0 saturated heterocycles. The first-order valence-corrected chi connectivity index (χ1v) is 8.76. The molecule has 0 spiro atoms. The van der Waals surface area contributed by atoms with Crippen molar-refractivity contribution in [1.29, 1.82) is 5.26 Å². The van der Waals surface area contributed by atoms with E-state index in [1.54, 1.807) is 0 Å². The topological polar surface area (TPSA) is 79.4 Å². The van der Waals surface area contributed by atoms with Crippen LogP contribution >= 0.6 is 0 Å². The van der Waals surface area contributed by atoms with Gasteiger partial charge in [0.05, 0.1) is 6.33 Å². The Hall–Kier alpha value is -2.16. The third-order valence-electron chi connectivity index (χ3n) is 5.19. The lowest BCUT2D eigenvalue weighted by molar-refractivity contribution is 0.462. The molecule has 2 aromatic rings. The number of aromatic nitrogens is 4. The normalized spacial score (nSPS) is 20.0. The minimum Gasteiger partial charge on any atom is -0.365 e. The monoisotopic (exact) mass is 310 g/mol. The highest BCUT2D eigenvalue weighted by molar-refractivity contribution is 5.83. The second kappa shape index (κ2) is 6.15. The Balaban J connectivity index is 1.72. The molecule has 0 amide bonds. The lowest BCUT2D eigenvalue weighted by Gasteiger charge is -2.23. The van der Waals surface area contributed by atoms with Crippen molar-refractivity contribution in [3.8, 4) is 6.07 Å². The standard InChI is InChI=1S/C17H22N6/c18-10-14-21-16(20-12-6-2-1-3-7-12)15-17(22-14)23(11-19-15)13-8-4-5-9-13/h11-13H,1-9H2,(H,20,21,22). The summed E-state index contributed by atoms with van der Waals surface area (Å²) in [6.45, 7) is 0. The molecule has 1 N–H and O–H groups in total. The van der Waals surface area contributed by atoms with Gasteiger partial charge >= 0.3 is 0 Å². The van der Waals surface area contributed by atoms with Crippen molar-refractivity contribution in [1.82, 2.24) is 19.5 Å². The van der Waals surface area contributed by atoms with Crippen LogP contribution in [0.1, 0.15) is 69.7 Å². The Bertz CT molecular complexity index is 731. The fourth-order valence-electron chi connectivity index (χ4n) is 3.96. The number of nitrogens with zero attached hydrogens (tertiary/aromatic N) is 5. The van der Waals surface area contributed by atoms with Gasteiger partial charge in [-0.3, -0.25) is 0 Å². The van der Waals surface area contributed by atoms with Crippen molar-refractivity contribution in [3.05, 3.63) is 12.2 Å². The molecule has 6 heteroatoms. The van der Waals surface area contributed by atoms with Gasteiger partial charge in [0, 0.05) is 12.1 Å². The summed E-state index contributed by atoms with van der Waals surface area (Å²) in [5.74, 6) is 0.964. The van der Waals surface area contributed by atoms with E-state index in [1.165, 1.54) is 44.9 Å². The molecule has 2 heterocycles. The summed E-state index contributed by atoms with van der Waals surface area (Å²) < 4.78 is 2.15. The lowest BCUT2D eigenvalue weighted by Crippen LogP contribution is -2.23. The summed E-state index contributed by atoms with van der Waals surface area (Å²) in [4.78, 5) is 13.4. The van der Waals surface area contributed by atoms with Crippen molar-refractivity contribution >= 4 is 17.0 Å². The Labute approximate surface area is 136 Å². The SMILES string of the molecule is N#Cc1nc(NC2CCCCC2)c2ncn(C3CCCC3)c2n1. The van der Waals surface area contributed by atoms with Gasteiger partial charge in [0.15, 0.2) is 17.0 Å². The smallest absolute Gasteiger partial charge is 0.236 e. The van der Waals surface area contributed by atoms with E-state index in [0.29, 0.717) is 12.1 Å². The molecule has 2 aliphatic rings. The zero-order valence-electron chi connectivity index (χ0n) is 13.3. The van der Waals surface area contributed by atoms with E-state index < -0.39 is 0 Å². The summed E-state index contributed by atoms with van der Waals surface area (Å²) in [7, 11) is 0. The van der Waals surface area contributed by atoms with Gasteiger partial charge in [0.1, 0.15) is 6.07 Å². The van der Waals surface area contributed by atoms with Crippen LogP contribution < -0.4 is 5.32 Å². The summed E-state index contributed by atoms with van der Waals surface area (Å²) in [6.07, 6.45) is 12.9. The molecule has 0 atom stereocenters. The fraction of sp³-hybridized carbons (Fsp3) is 0.647. The van der Waals surface area contributed by atoms with Gasteiger partial charge in [0.2, 0.25) is 5.82 Å². The number of nitriles is 1. The van der Waals surface area contributed by atoms with Crippen LogP contribution in [-0.2, 0) is 0 Å². The zero-order chi connectivity index (χ0) is 15.6. The van der Waals surface area contributed by atoms with Crippen LogP contribution in [-0.4, -0.2) is 25.6 Å². The number of fused-ring (bicyclic) bond motifs is 1. The molecule has 23 heavy (non-hydrogen) atoms. The highest BCUT2D eigenvalue weighted by atomic mass is 15.2. The lowest BCUT2D eigenvalue weighted by atomic mass is 9.95. The molecule has 0 aromatic carbocycles. The molecule has 120 valence electrons. The maximum Gasteiger partial charge on any atom is 0.236 e. The molecule has 4 rings (SSSR count). The number of hydrogen-bond donors (Lipinski definition) is 1. The Morgan fingerprint density at radius 1 is 1.04 bits per heavy atom. The van der Waals surface area contributed by atoms with Crippen LogP contribution in [0.25, 0.3) is 11.2 Å². The van der Waals surface area contributed by atoms with E-state index in [2.05, 4.69) is 30.9 Å². The highest BCUT2D eigenvalue weighted by Crippen LogP contribution is 2.33. The van der Waals surface area contributed by atoms with Gasteiger partial charge in [-0.1, -0.05) is 32.1 Å². The molecule has 2 saturated carbocycles. The predicted molar refractivity (Wildman–Crippen MR) is 88.0 cm³/mol. The summed E-state index contributed by atoms with van der Waals surface area (Å²) in [5, 5.41) is 12.8. The molecule has 2 aliphatic carbocycles. The van der Waals surface area contributed by atoms with Gasteiger partial charge in [0.25, 0.3) is 0 Å². The first-order chi connectivity index (χ1) is 11.3. The molecule has 0 radical (unpaired) electrons. The molecule has 2 aromatic heterocycles. The van der Waals surface area contributed by atoms with E-state index in [0.717, 1.165) is 29.8 Å². The Morgan fingerprint density at radius 2 is 1.78 bits per heavy atom. The van der Waals surface area contributed by atoms with E-state index >= 15 is 0 Å². The zero-order valence-corrected chi connectivity index (χ0v) is 13.3. The van der Waals surface area contributed by atoms with E-state index in [-0.39, 0.29) is 5.82 Å². The van der Waals surface area contributed by atoms with Crippen LogP contribution in [0.5, 0.6) is 0 Å². The minimum absolute atomic E-state index is 0.232. The first kappa shape index (κ1) is 14.4. The number of rotatable bonds is 3. The van der Waals surface area contributed by atoms with Crippen molar-refractivity contribution in [2.75, 3.05) is 5.32 Å². The van der Waals surface area contributed by atoms with Gasteiger partial charge < -0.3 is 9.88 Å². The number of imidazole rings is 1. The maximum absolute atomic E-state index is 9.29. The largest absolute Gasteiger partial charge is 0.365 e. The molecule has 0 bridgehead atoms. The van der Waals surface area contributed by atoms with Crippen molar-refractivity contribution in [2.45, 2.75) is 69.9 Å². The summed E-state index contributed by atoms with van der Waals surface area (Å²) >= 11 is 0. The summed E-state index contributed by atoms with van der Waals surface area (Å²) in [5.41, 5.74) is 1.61. The van der Waals surface area contributed by atoms with Gasteiger partial charge in [-0.2, -0.15) is 15.2 Å². The summed E-state index contributed by atoms with van der Waals surface area (Å²) in [6, 6.07) is 3.00. The molecule has 0 unspecified atom stereocenters. The predicted octanol–water partition coefficient (Wildman–Crippen LogP) is 3.56. The third kappa shape index (κ3) is 2.76. The van der Waals surface area contributed by atoms with Crippen LogP contribution in [0.15, 0.2) is 6.33 Å². The molecular formula is C17H22N6. The van der Waals surface area contributed by atoms with Crippen LogP contribution in [0.4, 0.5) is 5.82 Å². The van der Waals surface area contributed by atoms with Crippen LogP contribution in [0, 0.1) is 11.3 Å². The molecule has 0 aliphatic heterocycles. The van der Waals surface area contributed by atoms with Gasteiger partial charge in [-0.25, -0.2) is 4.98 Å². The minimum atomic E-state index is 0.232. The second-order valence-corrected chi connectivity index (χ2v) is 6.75. The maximum atomic E-state index is 9.29. The Morgan fingerprint density at radius 3 is 2.52 bits per heavy atom. The second-order valence-electron chi connectivity index (χ2n) is 6.75. The molecular weight excluding hydrogens is 288 g/mol. The van der Waals surface area contributed by atoms with E-state index in [9.17, 15) is 5.26 Å². The third-order valence-corrected chi connectivity index (χ3v) is 5.19. The number of hydrogen-bond acceptors (Lipinski definition) is 5. The highest BCUT2D eigenvalue weighted by Gasteiger charge is 2.23. The van der Waals surface area contributed by atoms with Gasteiger partial charge in [-0.05, 0) is 25.7 Å². The van der Waals surface area contributed by atoms with Crippen LogP contribution in [0.2, 0.25) is 0 Å². The Kier molecular flexibility index (Phi) is 3.86. The average molecular weight is 310 g/mol. The van der Waals surface area contributed by atoms with Crippen molar-refractivity contribution < 1.29 is 0 Å². The quantitative estimate of drug-likeness (QED) is 0.937. The van der Waals surface area contributed by atoms with E-state index in [4.69, 9.17) is 0 Å². The van der Waals surface area contributed by atoms with E-state index in [1.807, 2.05) is 6.33 Å². The number of anilines is 1. The average Bonchev–Trinajstić information content (AvgIpc) is 3.24.